The molecule has 1 aliphatic rings. The maximum absolute atomic E-state index is 14.1. The normalized spacial score (nSPS) is 15.1. The number of amides is 1. The third-order valence-electron chi connectivity index (χ3n) is 5.79. The number of nitrogens with two attached hydrogens (primary N) is 1. The first kappa shape index (κ1) is 21.1. The van der Waals surface area contributed by atoms with E-state index in [-0.39, 0.29) is 29.7 Å². The van der Waals surface area contributed by atoms with E-state index in [4.69, 9.17) is 5.73 Å². The van der Waals surface area contributed by atoms with Crippen LogP contribution in [0.3, 0.4) is 0 Å². The van der Waals surface area contributed by atoms with Gasteiger partial charge in [-0.2, -0.15) is 10.4 Å². The zero-order chi connectivity index (χ0) is 24.0. The second-order valence-electron chi connectivity index (χ2n) is 7.94. The van der Waals surface area contributed by atoms with Crippen LogP contribution in [0.5, 0.6) is 5.75 Å². The predicted molar refractivity (Wildman–Crippen MR) is 123 cm³/mol. The summed E-state index contributed by atoms with van der Waals surface area (Å²) in [7, 11) is 0. The largest absolute Gasteiger partial charge is 0.508 e. The molecule has 168 valence electrons. The van der Waals surface area contributed by atoms with Crippen LogP contribution in [0.15, 0.2) is 60.9 Å². The highest BCUT2D eigenvalue weighted by Crippen LogP contribution is 2.37. The monoisotopic (exact) mass is 455 g/mol. The number of benzene rings is 2. The summed E-state index contributed by atoms with van der Waals surface area (Å²) in [6, 6.07) is 12.5. The van der Waals surface area contributed by atoms with Gasteiger partial charge in [0.05, 0.1) is 11.4 Å². The second kappa shape index (κ2) is 7.97. The molecule has 3 N–H and O–H groups in total. The number of rotatable bonds is 3. The van der Waals surface area contributed by atoms with Gasteiger partial charge in [-0.3, -0.25) is 4.79 Å². The number of para-hydroxylation sites is 1. The Morgan fingerprint density at radius 2 is 2.06 bits per heavy atom. The highest BCUT2D eigenvalue weighted by Gasteiger charge is 2.33. The Morgan fingerprint density at radius 1 is 1.26 bits per heavy atom. The fraction of sp³-hybridized carbons (Fsp3) is 0.125. The van der Waals surface area contributed by atoms with Crippen LogP contribution in [0.4, 0.5) is 15.9 Å². The average molecular weight is 455 g/mol. The summed E-state index contributed by atoms with van der Waals surface area (Å²) in [5.41, 5.74) is 8.57. The van der Waals surface area contributed by atoms with Crippen molar-refractivity contribution in [3.8, 4) is 23.1 Å². The number of fused-ring (bicyclic) bond motifs is 2. The molecule has 0 aliphatic carbocycles. The predicted octanol–water partition coefficient (Wildman–Crippen LogP) is 3.13. The lowest BCUT2D eigenvalue weighted by molar-refractivity contribution is -0.115. The molecule has 0 saturated heterocycles. The second-order valence-corrected chi connectivity index (χ2v) is 7.94. The quantitative estimate of drug-likeness (QED) is 0.358. The van der Waals surface area contributed by atoms with Crippen LogP contribution in [0.2, 0.25) is 0 Å². The summed E-state index contributed by atoms with van der Waals surface area (Å²) in [5, 5.41) is 24.2. The van der Waals surface area contributed by atoms with Gasteiger partial charge in [-0.05, 0) is 30.2 Å². The maximum atomic E-state index is 14.1. The minimum atomic E-state index is -0.633. The molecular formula is C24H18FN7O2. The average Bonchev–Trinajstić information content (AvgIpc) is 3.23. The molecule has 2 aromatic carbocycles. The van der Waals surface area contributed by atoms with Gasteiger partial charge < -0.3 is 15.7 Å². The molecule has 0 saturated carbocycles. The number of nitrogens with zero attached hydrogens (tertiary/aromatic N) is 6. The zero-order valence-corrected chi connectivity index (χ0v) is 17.8. The molecule has 0 bridgehead atoms. The standard InChI is InChI=1S/C24H18FN7O2/c1-13(10-26)24(34)31-11-17(7-14-4-2-3-5-19(14)31)32-23-20(22(27)28-12-29-23)21(30-32)15-6-16(25)9-18(33)8-15/h2-6,8-9,12,17,33H,1,7,11H2,(H2,27,28,29). The van der Waals surface area contributed by atoms with Crippen molar-refractivity contribution in [2.75, 3.05) is 17.2 Å². The van der Waals surface area contributed by atoms with Crippen LogP contribution in [-0.4, -0.2) is 37.3 Å². The molecule has 9 nitrogen and oxygen atoms in total. The first-order chi connectivity index (χ1) is 16.4. The summed E-state index contributed by atoms with van der Waals surface area (Å²) >= 11 is 0. The van der Waals surface area contributed by atoms with Gasteiger partial charge in [0.25, 0.3) is 5.91 Å². The lowest BCUT2D eigenvalue weighted by Gasteiger charge is -2.34. The number of phenols is 1. The van der Waals surface area contributed by atoms with E-state index >= 15 is 0 Å². The molecule has 10 heteroatoms. The van der Waals surface area contributed by atoms with Crippen LogP contribution >= 0.6 is 0 Å². The molecule has 5 rings (SSSR count). The molecule has 3 heterocycles. The molecule has 34 heavy (non-hydrogen) atoms. The molecule has 0 radical (unpaired) electrons. The first-order valence-corrected chi connectivity index (χ1v) is 10.3. The van der Waals surface area contributed by atoms with Crippen molar-refractivity contribution < 1.29 is 14.3 Å². The van der Waals surface area contributed by atoms with Gasteiger partial charge in [0, 0.05) is 23.9 Å². The van der Waals surface area contributed by atoms with Crippen LogP contribution in [-0.2, 0) is 11.2 Å². The van der Waals surface area contributed by atoms with Crippen molar-refractivity contribution >= 4 is 28.4 Å². The van der Waals surface area contributed by atoms with Crippen molar-refractivity contribution in [2.45, 2.75) is 12.5 Å². The summed E-state index contributed by atoms with van der Waals surface area (Å²) in [5.74, 6) is -1.24. The third-order valence-corrected chi connectivity index (χ3v) is 5.79. The number of hydrogen-bond acceptors (Lipinski definition) is 7. The SMILES string of the molecule is C=C(C#N)C(=O)N1CC(n2nc(-c3cc(O)cc(F)c3)c3c(N)ncnc32)Cc2ccccc21. The van der Waals surface area contributed by atoms with Crippen molar-refractivity contribution in [1.29, 1.82) is 5.26 Å². The maximum Gasteiger partial charge on any atom is 0.268 e. The Morgan fingerprint density at radius 3 is 2.82 bits per heavy atom. The fourth-order valence-electron chi connectivity index (χ4n) is 4.30. The zero-order valence-electron chi connectivity index (χ0n) is 17.8. The molecule has 4 aromatic rings. The van der Waals surface area contributed by atoms with Crippen LogP contribution < -0.4 is 10.6 Å². The molecule has 1 aliphatic heterocycles. The van der Waals surface area contributed by atoms with Gasteiger partial charge in [-0.15, -0.1) is 0 Å². The van der Waals surface area contributed by atoms with Crippen molar-refractivity contribution in [3.63, 3.8) is 0 Å². The van der Waals surface area contributed by atoms with Gasteiger partial charge in [0.2, 0.25) is 0 Å². The third kappa shape index (κ3) is 3.40. The Hall–Kier alpha value is -4.78. The fourth-order valence-corrected chi connectivity index (χ4v) is 4.30. The summed E-state index contributed by atoms with van der Waals surface area (Å²) in [6.07, 6.45) is 1.83. The van der Waals surface area contributed by atoms with Crippen LogP contribution in [0.1, 0.15) is 11.6 Å². The molecular weight excluding hydrogens is 437 g/mol. The number of halogens is 1. The van der Waals surface area contributed by atoms with E-state index in [1.165, 1.54) is 23.4 Å². The van der Waals surface area contributed by atoms with E-state index in [9.17, 15) is 19.6 Å². The summed E-state index contributed by atoms with van der Waals surface area (Å²) in [4.78, 5) is 22.9. The number of aromatic nitrogens is 4. The topological polar surface area (TPSA) is 134 Å². The van der Waals surface area contributed by atoms with E-state index in [2.05, 4.69) is 21.6 Å². The lowest BCUT2D eigenvalue weighted by atomic mass is 9.97. The number of carbonyl (C=O) groups excluding carboxylic acids is 1. The van der Waals surface area contributed by atoms with Gasteiger partial charge in [0.1, 0.15) is 41.0 Å². The minimum Gasteiger partial charge on any atom is -0.508 e. The number of aromatic hydroxyl groups is 1. The number of anilines is 2. The molecule has 2 aromatic heterocycles. The number of nitrogen functional groups attached to an aromatic ring is 1. The molecule has 1 atom stereocenters. The smallest absolute Gasteiger partial charge is 0.268 e. The minimum absolute atomic E-state index is 0.150. The van der Waals surface area contributed by atoms with E-state index in [1.807, 2.05) is 30.3 Å². The molecule has 0 fully saturated rings. The van der Waals surface area contributed by atoms with E-state index in [1.54, 1.807) is 4.68 Å². The van der Waals surface area contributed by atoms with E-state index in [0.717, 1.165) is 11.6 Å². The Balaban J connectivity index is 1.68. The van der Waals surface area contributed by atoms with Gasteiger partial charge >= 0.3 is 0 Å². The number of nitriles is 1. The van der Waals surface area contributed by atoms with Crippen molar-refractivity contribution in [1.82, 2.24) is 19.7 Å². The van der Waals surface area contributed by atoms with Gasteiger partial charge in [0.15, 0.2) is 5.65 Å². The molecule has 0 spiro atoms. The number of hydrogen-bond donors (Lipinski definition) is 2. The first-order valence-electron chi connectivity index (χ1n) is 10.3. The summed E-state index contributed by atoms with van der Waals surface area (Å²) in [6.45, 7) is 3.77. The Bertz CT molecular complexity index is 1500. The van der Waals surface area contributed by atoms with Gasteiger partial charge in [-0.25, -0.2) is 19.0 Å². The van der Waals surface area contributed by atoms with Crippen molar-refractivity contribution in [3.05, 3.63) is 72.3 Å². The van der Waals surface area contributed by atoms with Crippen molar-refractivity contribution in [2.24, 2.45) is 0 Å². The number of carbonyl (C=O) groups is 1. The highest BCUT2D eigenvalue weighted by molar-refractivity contribution is 6.08. The Kier molecular flexibility index (Phi) is 4.94. The molecule has 1 unspecified atom stereocenters. The lowest BCUT2D eigenvalue weighted by Crippen LogP contribution is -2.41. The van der Waals surface area contributed by atoms with Gasteiger partial charge in [-0.1, -0.05) is 24.8 Å². The highest BCUT2D eigenvalue weighted by atomic mass is 19.1. The van der Waals surface area contributed by atoms with Crippen LogP contribution in [0.25, 0.3) is 22.3 Å². The van der Waals surface area contributed by atoms with E-state index < -0.39 is 11.7 Å². The molecule has 1 amide bonds. The van der Waals surface area contributed by atoms with E-state index in [0.29, 0.717) is 34.4 Å². The summed E-state index contributed by atoms with van der Waals surface area (Å²) < 4.78 is 15.7. The Labute approximate surface area is 193 Å². The number of phenolic OH excluding ortho intramolecular Hbond substituents is 1. The van der Waals surface area contributed by atoms with Crippen LogP contribution in [0, 0.1) is 17.1 Å².